The number of carbonyl (C=O) groups is 1. The van der Waals surface area contributed by atoms with Gasteiger partial charge in [-0.15, -0.1) is 0 Å². The van der Waals surface area contributed by atoms with Crippen LogP contribution in [0.4, 0.5) is 0 Å². The smallest absolute Gasteiger partial charge is 0.315 e. The van der Waals surface area contributed by atoms with Crippen molar-refractivity contribution in [3.63, 3.8) is 0 Å². The molecule has 0 spiro atoms. The predicted molar refractivity (Wildman–Crippen MR) is 48.1 cm³/mol. The fourth-order valence-corrected chi connectivity index (χ4v) is 1.53. The van der Waals surface area contributed by atoms with Gasteiger partial charge in [-0.2, -0.15) is 4.98 Å². The number of nitrogens with zero attached hydrogens (tertiary/aromatic N) is 2. The van der Waals surface area contributed by atoms with Crippen LogP contribution < -0.4 is 5.73 Å². The lowest BCUT2D eigenvalue weighted by atomic mass is 10.1. The van der Waals surface area contributed by atoms with Crippen LogP contribution in [-0.4, -0.2) is 45.1 Å². The van der Waals surface area contributed by atoms with Crippen LogP contribution in [0.2, 0.25) is 0 Å². The third-order valence-corrected chi connectivity index (χ3v) is 2.34. The van der Waals surface area contributed by atoms with Crippen molar-refractivity contribution in [1.29, 1.82) is 0 Å². The maximum absolute atomic E-state index is 10.7. The Balaban J connectivity index is 2.11. The molecule has 0 bridgehead atoms. The molecule has 8 heteroatoms. The van der Waals surface area contributed by atoms with Crippen LogP contribution in [0.5, 0.6) is 0 Å². The minimum absolute atomic E-state index is 0.142. The average molecular weight is 229 g/mol. The van der Waals surface area contributed by atoms with Gasteiger partial charge in [0.15, 0.2) is 0 Å². The highest BCUT2D eigenvalue weighted by molar-refractivity contribution is 5.87. The second-order valence-corrected chi connectivity index (χ2v) is 3.47. The Morgan fingerprint density at radius 3 is 2.88 bits per heavy atom. The Bertz CT molecular complexity index is 393. The van der Waals surface area contributed by atoms with E-state index >= 15 is 0 Å². The quantitative estimate of drug-likeness (QED) is 0.565. The van der Waals surface area contributed by atoms with Gasteiger partial charge in [0.25, 0.3) is 0 Å². The van der Waals surface area contributed by atoms with Crippen LogP contribution in [0.1, 0.15) is 29.0 Å². The predicted octanol–water partition coefficient (Wildman–Crippen LogP) is -1.65. The molecule has 0 aliphatic carbocycles. The molecule has 1 amide bonds. The zero-order chi connectivity index (χ0) is 11.7. The van der Waals surface area contributed by atoms with Gasteiger partial charge in [-0.3, -0.25) is 4.79 Å². The van der Waals surface area contributed by atoms with E-state index in [9.17, 15) is 9.90 Å². The lowest BCUT2D eigenvalue weighted by molar-refractivity contribution is -0.0251. The molecule has 2 rings (SSSR count). The van der Waals surface area contributed by atoms with Crippen LogP contribution in [0.15, 0.2) is 4.52 Å². The third-order valence-electron chi connectivity index (χ3n) is 2.34. The van der Waals surface area contributed by atoms with Crippen molar-refractivity contribution >= 4 is 5.91 Å². The topological polar surface area (TPSA) is 132 Å². The van der Waals surface area contributed by atoms with Crippen LogP contribution in [-0.2, 0) is 4.74 Å². The Morgan fingerprint density at radius 1 is 1.62 bits per heavy atom. The SMILES string of the molecule is NC(=O)c1nc([C@H]2C[C@H](O)[C@@H](CO)O2)no1. The molecule has 1 aliphatic heterocycles. The molecule has 1 aromatic rings. The molecule has 0 aromatic carbocycles. The molecule has 1 aliphatic rings. The number of aliphatic hydroxyl groups is 2. The molecule has 1 fully saturated rings. The van der Waals surface area contributed by atoms with Gasteiger partial charge in [-0.25, -0.2) is 0 Å². The molecule has 2 heterocycles. The highest BCUT2D eigenvalue weighted by atomic mass is 16.5. The number of primary amides is 1. The van der Waals surface area contributed by atoms with Crippen molar-refractivity contribution in [3.05, 3.63) is 11.7 Å². The van der Waals surface area contributed by atoms with E-state index in [2.05, 4.69) is 14.7 Å². The molecule has 4 N–H and O–H groups in total. The molecule has 88 valence electrons. The van der Waals surface area contributed by atoms with E-state index in [1.165, 1.54) is 0 Å². The van der Waals surface area contributed by atoms with Crippen molar-refractivity contribution < 1.29 is 24.3 Å². The number of carbonyl (C=O) groups excluding carboxylic acids is 1. The minimum Gasteiger partial charge on any atom is -0.394 e. The van der Waals surface area contributed by atoms with Crippen LogP contribution in [0.25, 0.3) is 0 Å². The highest BCUT2D eigenvalue weighted by Crippen LogP contribution is 2.31. The van der Waals surface area contributed by atoms with E-state index in [-0.39, 0.29) is 24.7 Å². The number of hydrogen-bond acceptors (Lipinski definition) is 7. The first-order chi connectivity index (χ1) is 7.61. The normalized spacial score (nSPS) is 29.5. The summed E-state index contributed by atoms with van der Waals surface area (Å²) in [4.78, 5) is 14.4. The Hall–Kier alpha value is -1.51. The fraction of sp³-hybridized carbons (Fsp3) is 0.625. The fourth-order valence-electron chi connectivity index (χ4n) is 1.53. The average Bonchev–Trinajstić information content (AvgIpc) is 2.83. The monoisotopic (exact) mass is 229 g/mol. The van der Waals surface area contributed by atoms with E-state index in [0.717, 1.165) is 0 Å². The second kappa shape index (κ2) is 4.16. The summed E-state index contributed by atoms with van der Waals surface area (Å²) in [6, 6.07) is 0. The van der Waals surface area contributed by atoms with Crippen LogP contribution in [0.3, 0.4) is 0 Å². The summed E-state index contributed by atoms with van der Waals surface area (Å²) < 4.78 is 9.85. The van der Waals surface area contributed by atoms with Crippen molar-refractivity contribution in [2.75, 3.05) is 6.61 Å². The zero-order valence-corrected chi connectivity index (χ0v) is 8.24. The van der Waals surface area contributed by atoms with Crippen molar-refractivity contribution in [2.45, 2.75) is 24.7 Å². The maximum Gasteiger partial charge on any atom is 0.315 e. The summed E-state index contributed by atoms with van der Waals surface area (Å²) in [5.41, 5.74) is 4.94. The van der Waals surface area contributed by atoms with Crippen LogP contribution >= 0.6 is 0 Å². The molecule has 3 atom stereocenters. The number of aromatic nitrogens is 2. The lowest BCUT2D eigenvalue weighted by Crippen LogP contribution is -2.24. The number of ether oxygens (including phenoxy) is 1. The molecule has 1 saturated heterocycles. The lowest BCUT2D eigenvalue weighted by Gasteiger charge is -2.09. The molecule has 1 aromatic heterocycles. The summed E-state index contributed by atoms with van der Waals surface area (Å²) >= 11 is 0. The largest absolute Gasteiger partial charge is 0.394 e. The highest BCUT2D eigenvalue weighted by Gasteiger charge is 2.37. The second-order valence-electron chi connectivity index (χ2n) is 3.47. The molecule has 0 radical (unpaired) electrons. The van der Waals surface area contributed by atoms with Gasteiger partial charge < -0.3 is 25.2 Å². The summed E-state index contributed by atoms with van der Waals surface area (Å²) in [6.07, 6.45) is -1.81. The minimum atomic E-state index is -0.823. The van der Waals surface area contributed by atoms with Gasteiger partial charge in [-0.05, 0) is 0 Å². The molecule has 8 nitrogen and oxygen atoms in total. The van der Waals surface area contributed by atoms with E-state index < -0.39 is 24.2 Å². The van der Waals surface area contributed by atoms with Crippen LogP contribution in [0, 0.1) is 0 Å². The zero-order valence-electron chi connectivity index (χ0n) is 8.24. The Kier molecular flexibility index (Phi) is 2.86. The summed E-state index contributed by atoms with van der Waals surface area (Å²) in [5, 5.41) is 21.9. The Labute approximate surface area is 90.0 Å². The van der Waals surface area contributed by atoms with Gasteiger partial charge >= 0.3 is 11.8 Å². The first kappa shape index (κ1) is 11.0. The van der Waals surface area contributed by atoms with Gasteiger partial charge in [0.1, 0.15) is 12.2 Å². The number of nitrogens with two attached hydrogens (primary N) is 1. The first-order valence-corrected chi connectivity index (χ1v) is 4.69. The number of amides is 1. The van der Waals surface area contributed by atoms with Crippen molar-refractivity contribution in [3.8, 4) is 0 Å². The van der Waals surface area contributed by atoms with Gasteiger partial charge in [0.05, 0.1) is 12.7 Å². The summed E-state index contributed by atoms with van der Waals surface area (Å²) in [5.74, 6) is -0.986. The van der Waals surface area contributed by atoms with Crippen molar-refractivity contribution in [2.24, 2.45) is 5.73 Å². The van der Waals surface area contributed by atoms with Gasteiger partial charge in [-0.1, -0.05) is 5.16 Å². The van der Waals surface area contributed by atoms with E-state index in [4.69, 9.17) is 15.6 Å². The standard InChI is InChI=1S/C8H11N3O5/c9-6(14)8-10-7(11-16-8)4-1-3(13)5(2-12)15-4/h3-5,12-13H,1-2H2,(H2,9,14)/t3-,4+,5+/m0/s1. The molecule has 16 heavy (non-hydrogen) atoms. The Morgan fingerprint density at radius 2 is 2.38 bits per heavy atom. The summed E-state index contributed by atoms with van der Waals surface area (Å²) in [7, 11) is 0. The summed E-state index contributed by atoms with van der Waals surface area (Å²) in [6.45, 7) is -0.293. The van der Waals surface area contributed by atoms with E-state index in [0.29, 0.717) is 0 Å². The van der Waals surface area contributed by atoms with Crippen molar-refractivity contribution in [1.82, 2.24) is 10.1 Å². The molecule has 0 unspecified atom stereocenters. The third kappa shape index (κ3) is 1.90. The maximum atomic E-state index is 10.7. The van der Waals surface area contributed by atoms with E-state index in [1.807, 2.05) is 0 Å². The number of hydrogen-bond donors (Lipinski definition) is 3. The molecular weight excluding hydrogens is 218 g/mol. The van der Waals surface area contributed by atoms with Gasteiger partial charge in [0, 0.05) is 6.42 Å². The molecular formula is C8H11N3O5. The van der Waals surface area contributed by atoms with E-state index in [1.54, 1.807) is 0 Å². The van der Waals surface area contributed by atoms with Gasteiger partial charge in [0.2, 0.25) is 5.82 Å². The first-order valence-electron chi connectivity index (χ1n) is 4.69. The molecule has 0 saturated carbocycles. The number of rotatable bonds is 3. The number of aliphatic hydroxyl groups excluding tert-OH is 2.